The maximum Gasteiger partial charge on any atom is 0.337 e. The van der Waals surface area contributed by atoms with Gasteiger partial charge in [0.25, 0.3) is 0 Å². The molecule has 1 aliphatic carbocycles. The van der Waals surface area contributed by atoms with Crippen LogP contribution in [0, 0.1) is 29.6 Å². The Balaban J connectivity index is 1.84. The topological polar surface area (TPSA) is 137 Å². The van der Waals surface area contributed by atoms with Crippen molar-refractivity contribution in [3.8, 4) is 23.5 Å². The molecule has 0 spiro atoms. The van der Waals surface area contributed by atoms with Gasteiger partial charge in [-0.3, -0.25) is 0 Å². The summed E-state index contributed by atoms with van der Waals surface area (Å²) in [6.45, 7) is 3.57. The Morgan fingerprint density at radius 2 is 1.97 bits per heavy atom. The molecule has 2 heterocycles. The van der Waals surface area contributed by atoms with Crippen LogP contribution in [0.3, 0.4) is 0 Å². The van der Waals surface area contributed by atoms with Crippen molar-refractivity contribution < 1.29 is 14.3 Å². The second-order valence-electron chi connectivity index (χ2n) is 7.20. The summed E-state index contributed by atoms with van der Waals surface area (Å²) in [5, 5.41) is 28.6. The molecule has 1 aromatic carbocycles. The molecule has 4 rings (SSSR count). The summed E-state index contributed by atoms with van der Waals surface area (Å²) in [7, 11) is 0. The number of nitrogens with zero attached hydrogens (tertiary/aromatic N) is 3. The first kappa shape index (κ1) is 20.9. The molecule has 3 N–H and O–H groups in total. The molecule has 7 nitrogen and oxygen atoms in total. The van der Waals surface area contributed by atoms with E-state index < -0.39 is 5.97 Å². The predicted octanol–water partition coefficient (Wildman–Crippen LogP) is 5.31. The molecule has 0 fully saturated rings. The number of carbonyl (C=O) groups is 1. The first-order chi connectivity index (χ1) is 15.3. The highest BCUT2D eigenvalue weighted by molar-refractivity contribution is 6.33. The SMILES string of the molecule is CC1=C(C#N)c2nc(N)c(C#N)c(C)c2C1=Cc1ccc(-c2ccc(Cl)c(C(=O)O)c2)o1. The number of fused-ring (bicyclic) bond motifs is 1. The van der Waals surface area contributed by atoms with Crippen molar-refractivity contribution in [1.82, 2.24) is 4.98 Å². The minimum absolute atomic E-state index is 0.0223. The van der Waals surface area contributed by atoms with Crippen LogP contribution in [0.15, 0.2) is 40.3 Å². The fraction of sp³-hybridized carbons (Fsp3) is 0.0833. The van der Waals surface area contributed by atoms with E-state index in [1.54, 1.807) is 38.1 Å². The quantitative estimate of drug-likeness (QED) is 0.560. The summed E-state index contributed by atoms with van der Waals surface area (Å²) in [6.07, 6.45) is 1.77. The second kappa shape index (κ2) is 7.73. The van der Waals surface area contributed by atoms with Crippen molar-refractivity contribution in [2.24, 2.45) is 0 Å². The van der Waals surface area contributed by atoms with Gasteiger partial charge in [0.1, 0.15) is 29.5 Å². The van der Waals surface area contributed by atoms with Crippen molar-refractivity contribution in [3.05, 3.63) is 74.6 Å². The van der Waals surface area contributed by atoms with Crippen molar-refractivity contribution in [2.45, 2.75) is 13.8 Å². The first-order valence-corrected chi connectivity index (χ1v) is 9.81. The molecule has 0 bridgehead atoms. The monoisotopic (exact) mass is 442 g/mol. The van der Waals surface area contributed by atoms with Gasteiger partial charge in [0.15, 0.2) is 0 Å². The number of nitrogens with two attached hydrogens (primary N) is 1. The van der Waals surface area contributed by atoms with Gasteiger partial charge in [-0.1, -0.05) is 11.6 Å². The van der Waals surface area contributed by atoms with Gasteiger partial charge in [-0.05, 0) is 67.0 Å². The fourth-order valence-electron chi connectivity index (χ4n) is 3.77. The van der Waals surface area contributed by atoms with Crippen LogP contribution < -0.4 is 5.73 Å². The van der Waals surface area contributed by atoms with Crippen LogP contribution in [0.2, 0.25) is 5.02 Å². The molecule has 0 unspecified atom stereocenters. The number of pyridine rings is 1. The van der Waals surface area contributed by atoms with Crippen LogP contribution in [0.1, 0.15) is 45.4 Å². The van der Waals surface area contributed by atoms with Crippen LogP contribution in [-0.2, 0) is 0 Å². The number of carboxylic acid groups (broad SMARTS) is 1. The van der Waals surface area contributed by atoms with Crippen LogP contribution >= 0.6 is 11.6 Å². The summed E-state index contributed by atoms with van der Waals surface area (Å²) in [5.74, 6) is -0.0984. The van der Waals surface area contributed by atoms with Crippen LogP contribution in [-0.4, -0.2) is 16.1 Å². The van der Waals surface area contributed by atoms with Crippen LogP contribution in [0.5, 0.6) is 0 Å². The number of hydrogen-bond donors (Lipinski definition) is 2. The number of benzene rings is 1. The van der Waals surface area contributed by atoms with Crippen molar-refractivity contribution >= 4 is 40.6 Å². The maximum absolute atomic E-state index is 11.4. The van der Waals surface area contributed by atoms with Gasteiger partial charge in [-0.15, -0.1) is 0 Å². The normalized spacial score (nSPS) is 13.7. The van der Waals surface area contributed by atoms with Crippen molar-refractivity contribution in [3.63, 3.8) is 0 Å². The van der Waals surface area contributed by atoms with Gasteiger partial charge < -0.3 is 15.3 Å². The van der Waals surface area contributed by atoms with E-state index in [1.807, 2.05) is 0 Å². The zero-order chi connectivity index (χ0) is 23.2. The average molecular weight is 443 g/mol. The average Bonchev–Trinajstić information content (AvgIpc) is 3.31. The molecular weight excluding hydrogens is 428 g/mol. The van der Waals surface area contributed by atoms with E-state index in [0.717, 1.165) is 0 Å². The number of anilines is 1. The third-order valence-corrected chi connectivity index (χ3v) is 5.71. The number of nitriles is 2. The number of rotatable bonds is 3. The zero-order valence-corrected chi connectivity index (χ0v) is 17.8. The summed E-state index contributed by atoms with van der Waals surface area (Å²) >= 11 is 5.95. The van der Waals surface area contributed by atoms with E-state index in [1.165, 1.54) is 12.1 Å². The fourth-order valence-corrected chi connectivity index (χ4v) is 3.96. The number of allylic oxidation sites excluding steroid dienone is 3. The van der Waals surface area contributed by atoms with Crippen molar-refractivity contribution in [2.75, 3.05) is 5.73 Å². The van der Waals surface area contributed by atoms with Gasteiger partial charge in [0.2, 0.25) is 0 Å². The lowest BCUT2D eigenvalue weighted by Gasteiger charge is -2.10. The molecule has 0 aliphatic heterocycles. The smallest absolute Gasteiger partial charge is 0.337 e. The number of aromatic carboxylic acids is 1. The Bertz CT molecular complexity index is 1470. The number of halogens is 1. The molecule has 0 amide bonds. The molecule has 0 saturated carbocycles. The lowest BCUT2D eigenvalue weighted by molar-refractivity contribution is 0.0697. The third kappa shape index (κ3) is 3.22. The van der Waals surface area contributed by atoms with Gasteiger partial charge >= 0.3 is 5.97 Å². The maximum atomic E-state index is 11.4. The molecule has 2 aromatic heterocycles. The molecule has 8 heteroatoms. The minimum Gasteiger partial charge on any atom is -0.478 e. The molecule has 0 atom stereocenters. The van der Waals surface area contributed by atoms with E-state index >= 15 is 0 Å². The molecule has 156 valence electrons. The first-order valence-electron chi connectivity index (χ1n) is 9.43. The Morgan fingerprint density at radius 1 is 1.22 bits per heavy atom. The Labute approximate surface area is 188 Å². The van der Waals surface area contributed by atoms with Crippen LogP contribution in [0.25, 0.3) is 28.5 Å². The van der Waals surface area contributed by atoms with Gasteiger partial charge in [0.05, 0.1) is 27.4 Å². The number of nitrogen functional groups attached to an aromatic ring is 1. The van der Waals surface area contributed by atoms with E-state index in [0.29, 0.717) is 50.6 Å². The van der Waals surface area contributed by atoms with Crippen molar-refractivity contribution in [1.29, 1.82) is 10.5 Å². The lowest BCUT2D eigenvalue weighted by atomic mass is 9.96. The Kier molecular flexibility index (Phi) is 5.06. The molecule has 3 aromatic rings. The Hall–Kier alpha value is -4.33. The molecule has 0 saturated heterocycles. The minimum atomic E-state index is -1.13. The van der Waals surface area contributed by atoms with Crippen LogP contribution in [0.4, 0.5) is 5.82 Å². The predicted molar refractivity (Wildman–Crippen MR) is 120 cm³/mol. The molecule has 32 heavy (non-hydrogen) atoms. The van der Waals surface area contributed by atoms with E-state index in [4.69, 9.17) is 21.8 Å². The highest BCUT2D eigenvalue weighted by Gasteiger charge is 2.30. The van der Waals surface area contributed by atoms with E-state index in [9.17, 15) is 20.4 Å². The van der Waals surface area contributed by atoms with E-state index in [2.05, 4.69) is 17.1 Å². The van der Waals surface area contributed by atoms with E-state index in [-0.39, 0.29) is 22.0 Å². The number of aromatic nitrogens is 1. The largest absolute Gasteiger partial charge is 0.478 e. The number of carboxylic acids is 1. The third-order valence-electron chi connectivity index (χ3n) is 5.38. The molecule has 1 aliphatic rings. The molecular formula is C24H15ClN4O3. The zero-order valence-electron chi connectivity index (χ0n) is 17.0. The lowest BCUT2D eigenvalue weighted by Crippen LogP contribution is -2.03. The summed E-state index contributed by atoms with van der Waals surface area (Å²) < 4.78 is 5.93. The number of hydrogen-bond acceptors (Lipinski definition) is 6. The molecule has 0 radical (unpaired) electrons. The number of furan rings is 1. The van der Waals surface area contributed by atoms with Gasteiger partial charge in [0, 0.05) is 11.1 Å². The summed E-state index contributed by atoms with van der Waals surface area (Å²) in [6, 6.07) is 12.3. The second-order valence-corrected chi connectivity index (χ2v) is 7.61. The summed E-state index contributed by atoms with van der Waals surface area (Å²) in [5.41, 5.74) is 10.3. The highest BCUT2D eigenvalue weighted by atomic mass is 35.5. The summed E-state index contributed by atoms with van der Waals surface area (Å²) in [4.78, 5) is 15.7. The standard InChI is InChI=1S/C24H15ClN4O3/c1-11-15(21-12(2)18(10-27)23(28)29-22(21)17(11)9-26)8-14-4-6-20(32-14)13-3-5-19(25)16(7-13)24(30)31/h3-8H,1-2H3,(H2,28,29)(H,30,31). The highest BCUT2D eigenvalue weighted by Crippen LogP contribution is 2.44. The van der Waals surface area contributed by atoms with Gasteiger partial charge in [-0.25, -0.2) is 9.78 Å². The van der Waals surface area contributed by atoms with Gasteiger partial charge in [-0.2, -0.15) is 10.5 Å². The Morgan fingerprint density at radius 3 is 2.62 bits per heavy atom.